The van der Waals surface area contributed by atoms with Crippen LogP contribution in [-0.2, 0) is 0 Å². The van der Waals surface area contributed by atoms with E-state index < -0.39 is 5.82 Å². The average Bonchev–Trinajstić information content (AvgIpc) is 2.27. The van der Waals surface area contributed by atoms with Crippen molar-refractivity contribution < 1.29 is 9.13 Å². The summed E-state index contributed by atoms with van der Waals surface area (Å²) in [5.74, 6) is -0.255. The topological polar surface area (TPSA) is 22.1 Å². The number of hydrogen-bond donors (Lipinski definition) is 0. The molecule has 2 nitrogen and oxygen atoms in total. The third-order valence-electron chi connectivity index (χ3n) is 2.31. The Morgan fingerprint density at radius 1 is 1.44 bits per heavy atom. The number of pyridine rings is 1. The number of aromatic nitrogens is 1. The lowest BCUT2D eigenvalue weighted by Gasteiger charge is -2.08. The maximum Gasteiger partial charge on any atom is 0.165 e. The van der Waals surface area contributed by atoms with Gasteiger partial charge in [-0.3, -0.25) is 4.98 Å². The largest absolute Gasteiger partial charge is 0.494 e. The van der Waals surface area contributed by atoms with E-state index in [2.05, 4.69) is 27.6 Å². The highest BCUT2D eigenvalue weighted by atomic mass is 127. The lowest BCUT2D eigenvalue weighted by Crippen LogP contribution is -1.94. The zero-order valence-electron chi connectivity index (χ0n) is 8.64. The summed E-state index contributed by atoms with van der Waals surface area (Å²) in [5.41, 5.74) is 1.47. The molecule has 0 aliphatic rings. The zero-order chi connectivity index (χ0) is 11.9. The molecule has 0 unspecified atom stereocenters. The summed E-state index contributed by atoms with van der Waals surface area (Å²) in [4.78, 5) is 4.35. The van der Waals surface area contributed by atoms with Crippen LogP contribution in [0.25, 0.3) is 10.9 Å². The van der Waals surface area contributed by atoms with Gasteiger partial charge in [-0.25, -0.2) is 4.39 Å². The van der Waals surface area contributed by atoms with Crippen molar-refractivity contribution in [3.05, 3.63) is 32.2 Å². The van der Waals surface area contributed by atoms with Gasteiger partial charge in [-0.2, -0.15) is 0 Å². The van der Waals surface area contributed by atoms with E-state index in [9.17, 15) is 4.39 Å². The minimum Gasteiger partial charge on any atom is -0.494 e. The molecule has 1 aromatic carbocycles. The molecule has 16 heavy (non-hydrogen) atoms. The fourth-order valence-corrected chi connectivity index (χ4v) is 2.17. The van der Waals surface area contributed by atoms with Crippen LogP contribution in [0.15, 0.2) is 12.1 Å². The Bertz CT molecular complexity index is 574. The van der Waals surface area contributed by atoms with Crippen LogP contribution in [0.1, 0.15) is 5.69 Å². The van der Waals surface area contributed by atoms with E-state index in [0.717, 1.165) is 9.26 Å². The Labute approximate surface area is 111 Å². The van der Waals surface area contributed by atoms with Crippen molar-refractivity contribution in [3.63, 3.8) is 0 Å². The lowest BCUT2D eigenvalue weighted by molar-refractivity contribution is 0.387. The Kier molecular flexibility index (Phi) is 3.21. The SMILES string of the molecule is COc1cc2nc(C)c(I)c(Cl)c2cc1F. The number of methoxy groups -OCH3 is 1. The highest BCUT2D eigenvalue weighted by Gasteiger charge is 2.12. The van der Waals surface area contributed by atoms with Crippen LogP contribution in [0.2, 0.25) is 5.02 Å². The molecule has 0 spiro atoms. The van der Waals surface area contributed by atoms with Gasteiger partial charge in [-0.15, -0.1) is 0 Å². The van der Waals surface area contributed by atoms with Gasteiger partial charge < -0.3 is 4.74 Å². The fourth-order valence-electron chi connectivity index (χ4n) is 1.47. The van der Waals surface area contributed by atoms with E-state index in [1.807, 2.05) is 6.92 Å². The summed E-state index contributed by atoms with van der Waals surface area (Å²) < 4.78 is 19.3. The second-order valence-electron chi connectivity index (χ2n) is 3.33. The molecule has 0 radical (unpaired) electrons. The van der Waals surface area contributed by atoms with Crippen molar-refractivity contribution in [3.8, 4) is 5.75 Å². The standard InChI is InChI=1S/C11H8ClFINO/c1-5-11(14)10(12)6-3-7(13)9(16-2)4-8(6)15-5/h3-4H,1-2H3. The van der Waals surface area contributed by atoms with Gasteiger partial charge in [0.1, 0.15) is 0 Å². The Morgan fingerprint density at radius 2 is 2.12 bits per heavy atom. The van der Waals surface area contributed by atoms with Gasteiger partial charge in [0.05, 0.1) is 26.9 Å². The number of nitrogens with zero attached hydrogens (tertiary/aromatic N) is 1. The first-order valence-electron chi connectivity index (χ1n) is 4.53. The molecule has 0 amide bonds. The molecule has 2 rings (SSSR count). The summed E-state index contributed by atoms with van der Waals surface area (Å²) in [7, 11) is 1.42. The predicted molar refractivity (Wildman–Crippen MR) is 70.7 cm³/mol. The number of rotatable bonds is 1. The minimum atomic E-state index is -0.432. The summed E-state index contributed by atoms with van der Waals surface area (Å²) in [6.07, 6.45) is 0. The second-order valence-corrected chi connectivity index (χ2v) is 4.79. The van der Waals surface area contributed by atoms with Gasteiger partial charge >= 0.3 is 0 Å². The van der Waals surface area contributed by atoms with Gasteiger partial charge in [0.25, 0.3) is 0 Å². The van der Waals surface area contributed by atoms with Crippen LogP contribution in [-0.4, -0.2) is 12.1 Å². The van der Waals surface area contributed by atoms with Crippen molar-refractivity contribution >= 4 is 45.1 Å². The van der Waals surface area contributed by atoms with Crippen LogP contribution in [0.5, 0.6) is 5.75 Å². The van der Waals surface area contributed by atoms with Crippen molar-refractivity contribution in [2.45, 2.75) is 6.92 Å². The third-order valence-corrected chi connectivity index (χ3v) is 4.34. The highest BCUT2D eigenvalue weighted by Crippen LogP contribution is 2.32. The average molecular weight is 352 g/mol. The van der Waals surface area contributed by atoms with Crippen LogP contribution < -0.4 is 4.74 Å². The molecule has 0 saturated heterocycles. The lowest BCUT2D eigenvalue weighted by atomic mass is 10.2. The summed E-state index contributed by atoms with van der Waals surface area (Å²) in [6.45, 7) is 1.86. The summed E-state index contributed by atoms with van der Waals surface area (Å²) in [6, 6.07) is 2.91. The van der Waals surface area contributed by atoms with E-state index in [4.69, 9.17) is 16.3 Å². The molecule has 0 atom stereocenters. The van der Waals surface area contributed by atoms with Crippen LogP contribution in [0.4, 0.5) is 4.39 Å². The molecule has 2 aromatic rings. The van der Waals surface area contributed by atoms with E-state index in [1.54, 1.807) is 6.07 Å². The highest BCUT2D eigenvalue weighted by molar-refractivity contribution is 14.1. The van der Waals surface area contributed by atoms with Crippen molar-refractivity contribution in [2.75, 3.05) is 7.11 Å². The maximum absolute atomic E-state index is 13.5. The van der Waals surface area contributed by atoms with Crippen LogP contribution >= 0.6 is 34.2 Å². The van der Waals surface area contributed by atoms with Gasteiger partial charge in [0.15, 0.2) is 11.6 Å². The molecule has 0 bridgehead atoms. The molecule has 0 fully saturated rings. The molecule has 5 heteroatoms. The zero-order valence-corrected chi connectivity index (χ0v) is 11.6. The van der Waals surface area contributed by atoms with E-state index in [-0.39, 0.29) is 5.75 Å². The molecule has 0 N–H and O–H groups in total. The Morgan fingerprint density at radius 3 is 2.75 bits per heavy atom. The first-order valence-corrected chi connectivity index (χ1v) is 5.99. The van der Waals surface area contributed by atoms with Gasteiger partial charge in [0, 0.05) is 11.5 Å². The Balaban J connectivity index is 2.86. The van der Waals surface area contributed by atoms with E-state index >= 15 is 0 Å². The third kappa shape index (κ3) is 1.84. The van der Waals surface area contributed by atoms with Crippen LogP contribution in [0.3, 0.4) is 0 Å². The number of halogens is 3. The first-order chi connectivity index (χ1) is 7.54. The molecular formula is C11H8ClFINO. The summed E-state index contributed by atoms with van der Waals surface area (Å²) in [5, 5.41) is 1.14. The van der Waals surface area contributed by atoms with Crippen molar-refractivity contribution in [2.24, 2.45) is 0 Å². The van der Waals surface area contributed by atoms with Gasteiger partial charge in [0.2, 0.25) is 0 Å². The van der Waals surface area contributed by atoms with Crippen LogP contribution in [0, 0.1) is 16.3 Å². The van der Waals surface area contributed by atoms with Crippen molar-refractivity contribution in [1.82, 2.24) is 4.98 Å². The minimum absolute atomic E-state index is 0.177. The first kappa shape index (κ1) is 11.9. The maximum atomic E-state index is 13.5. The molecule has 0 aliphatic heterocycles. The second kappa shape index (κ2) is 4.33. The van der Waals surface area contributed by atoms with E-state index in [0.29, 0.717) is 15.9 Å². The van der Waals surface area contributed by atoms with Crippen molar-refractivity contribution in [1.29, 1.82) is 0 Å². The number of benzene rings is 1. The normalized spacial score (nSPS) is 10.8. The number of aryl methyl sites for hydroxylation is 1. The molecule has 84 valence electrons. The molecule has 1 aromatic heterocycles. The molecule has 0 saturated carbocycles. The number of ether oxygens (including phenoxy) is 1. The predicted octanol–water partition coefficient (Wildman–Crippen LogP) is 3.95. The molecular weight excluding hydrogens is 343 g/mol. The molecule has 0 aliphatic carbocycles. The van der Waals surface area contributed by atoms with E-state index in [1.165, 1.54) is 13.2 Å². The van der Waals surface area contributed by atoms with Gasteiger partial charge in [-0.1, -0.05) is 11.6 Å². The summed E-state index contributed by atoms with van der Waals surface area (Å²) >= 11 is 8.24. The number of hydrogen-bond acceptors (Lipinski definition) is 2. The smallest absolute Gasteiger partial charge is 0.165 e. The quantitative estimate of drug-likeness (QED) is 0.726. The monoisotopic (exact) mass is 351 g/mol. The van der Waals surface area contributed by atoms with Gasteiger partial charge in [-0.05, 0) is 35.6 Å². The Hall–Kier alpha value is -0.620. The number of fused-ring (bicyclic) bond motifs is 1. The molecule has 1 heterocycles. The fraction of sp³-hybridized carbons (Fsp3) is 0.182.